The first-order valence-electron chi connectivity index (χ1n) is 7.65. The van der Waals surface area contributed by atoms with Crippen LogP contribution in [0.5, 0.6) is 0 Å². The molecule has 0 aliphatic carbocycles. The number of aromatic nitrogens is 1. The van der Waals surface area contributed by atoms with Gasteiger partial charge in [0, 0.05) is 12.6 Å². The molecular weight excluding hydrogens is 372 g/mol. The van der Waals surface area contributed by atoms with Gasteiger partial charge in [-0.2, -0.15) is 13.5 Å². The van der Waals surface area contributed by atoms with Crippen molar-refractivity contribution in [2.75, 3.05) is 13.1 Å². The first kappa shape index (κ1) is 18.4. The van der Waals surface area contributed by atoms with Gasteiger partial charge in [0.2, 0.25) is 0 Å². The van der Waals surface area contributed by atoms with Gasteiger partial charge in [0.1, 0.15) is 11.8 Å². The first-order valence-corrected chi connectivity index (χ1v) is 9.01. The number of carbonyl (C=O) groups is 1. The predicted octanol–water partition coefficient (Wildman–Crippen LogP) is -1.13. The Bertz CT molecular complexity index is 811. The number of nitrogens with one attached hydrogen (secondary N) is 2. The van der Waals surface area contributed by atoms with Crippen molar-refractivity contribution >= 4 is 22.4 Å². The van der Waals surface area contributed by atoms with Crippen molar-refractivity contribution in [3.63, 3.8) is 0 Å². The maximum Gasteiger partial charge on any atom is 0.418 e. The van der Waals surface area contributed by atoms with Gasteiger partial charge in [0.15, 0.2) is 11.7 Å². The van der Waals surface area contributed by atoms with Gasteiger partial charge in [-0.25, -0.2) is 4.79 Å². The second-order valence-electron chi connectivity index (χ2n) is 5.97. The lowest BCUT2D eigenvalue weighted by molar-refractivity contribution is -0.0317. The molecule has 26 heavy (non-hydrogen) atoms. The van der Waals surface area contributed by atoms with E-state index in [4.69, 9.17) is 20.2 Å². The summed E-state index contributed by atoms with van der Waals surface area (Å²) in [6.45, 7) is 0.158. The van der Waals surface area contributed by atoms with E-state index in [2.05, 4.69) is 14.8 Å². The Morgan fingerprint density at radius 1 is 1.58 bits per heavy atom. The van der Waals surface area contributed by atoms with Crippen molar-refractivity contribution in [1.29, 1.82) is 5.41 Å². The fourth-order valence-electron chi connectivity index (χ4n) is 3.06. The van der Waals surface area contributed by atoms with Crippen molar-refractivity contribution in [2.45, 2.75) is 31.0 Å². The molecule has 2 amide bonds. The van der Waals surface area contributed by atoms with Gasteiger partial charge in [0.25, 0.3) is 0 Å². The lowest BCUT2D eigenvalue weighted by atomic mass is 9.98. The lowest BCUT2D eigenvalue weighted by Crippen LogP contribution is -2.35. The Labute approximate surface area is 148 Å². The first-order chi connectivity index (χ1) is 12.2. The van der Waals surface area contributed by atoms with Crippen molar-refractivity contribution in [2.24, 2.45) is 5.73 Å². The Kier molecular flexibility index (Phi) is 4.74. The number of urea groups is 1. The summed E-state index contributed by atoms with van der Waals surface area (Å²) in [7, 11) is -4.80. The topological polar surface area (TPSA) is 195 Å². The fourth-order valence-corrected chi connectivity index (χ4v) is 3.45. The van der Waals surface area contributed by atoms with Crippen LogP contribution < -0.4 is 11.1 Å². The Hall–Kier alpha value is -2.42. The highest BCUT2D eigenvalue weighted by molar-refractivity contribution is 7.80. The average molecular weight is 390 g/mol. The summed E-state index contributed by atoms with van der Waals surface area (Å²) < 4.78 is 40.0. The Morgan fingerprint density at radius 2 is 2.31 bits per heavy atom. The molecule has 3 heterocycles. The van der Waals surface area contributed by atoms with E-state index >= 15 is 0 Å². The van der Waals surface area contributed by atoms with Gasteiger partial charge in [-0.1, -0.05) is 5.16 Å². The molecule has 3 atom stereocenters. The number of nitrogens with zero attached hydrogens (tertiary/aromatic N) is 3. The van der Waals surface area contributed by atoms with Crippen molar-refractivity contribution in [3.05, 3.63) is 17.5 Å². The van der Waals surface area contributed by atoms with E-state index in [0.717, 1.165) is 0 Å². The molecule has 2 fully saturated rings. The summed E-state index contributed by atoms with van der Waals surface area (Å²) in [5.41, 5.74) is 5.54. The molecule has 2 saturated heterocycles. The molecule has 1 aromatic heterocycles. The molecule has 13 nitrogen and oxygen atoms in total. The highest BCUT2D eigenvalue weighted by Crippen LogP contribution is 2.38. The van der Waals surface area contributed by atoms with Gasteiger partial charge < -0.3 is 25.6 Å². The third kappa shape index (κ3) is 3.72. The van der Waals surface area contributed by atoms with E-state index in [-0.39, 0.29) is 24.8 Å². The standard InChI is InChI=1S/C12H18N6O7S/c13-11(14)15-4-9(19)10-3-7(16-24-10)8-2-1-6-5-17(8)12(20)18(6)25-26(21,22)23/h3,6,8-9,19H,1-2,4-5H2,(H4,13,14,15)(H,21,22,23)/t6-,8+,9?/m1/s1. The molecule has 1 unspecified atom stereocenters. The number of hydrogen-bond donors (Lipinski definition) is 5. The predicted molar refractivity (Wildman–Crippen MR) is 83.7 cm³/mol. The lowest BCUT2D eigenvalue weighted by Gasteiger charge is -2.28. The summed E-state index contributed by atoms with van der Waals surface area (Å²) in [6, 6.07) is -0.216. The third-order valence-electron chi connectivity index (χ3n) is 4.20. The van der Waals surface area contributed by atoms with Crippen LogP contribution in [0.2, 0.25) is 0 Å². The molecule has 6 N–H and O–H groups in total. The molecule has 0 radical (unpaired) electrons. The van der Waals surface area contributed by atoms with E-state index < -0.39 is 34.6 Å². The van der Waals surface area contributed by atoms with Crippen molar-refractivity contribution in [3.8, 4) is 0 Å². The van der Waals surface area contributed by atoms with Gasteiger partial charge in [-0.15, -0.1) is 4.28 Å². The van der Waals surface area contributed by atoms with Crippen LogP contribution in [-0.4, -0.2) is 64.3 Å². The van der Waals surface area contributed by atoms with Gasteiger partial charge >= 0.3 is 16.4 Å². The number of carbonyl (C=O) groups excluding carboxylic acids is 1. The number of nitrogens with two attached hydrogens (primary N) is 1. The van der Waals surface area contributed by atoms with Crippen LogP contribution in [0.1, 0.15) is 36.4 Å². The molecule has 0 aromatic carbocycles. The molecule has 2 aliphatic rings. The number of aliphatic hydroxyl groups excluding tert-OH is 1. The maximum atomic E-state index is 12.4. The Morgan fingerprint density at radius 3 is 2.96 bits per heavy atom. The molecule has 14 heteroatoms. The van der Waals surface area contributed by atoms with E-state index in [1.807, 2.05) is 0 Å². The maximum absolute atomic E-state index is 12.4. The van der Waals surface area contributed by atoms with Crippen LogP contribution in [0.15, 0.2) is 10.6 Å². The molecule has 2 bridgehead atoms. The van der Waals surface area contributed by atoms with Crippen LogP contribution in [0.4, 0.5) is 4.79 Å². The minimum atomic E-state index is -4.80. The van der Waals surface area contributed by atoms with E-state index in [9.17, 15) is 18.3 Å². The third-order valence-corrected chi connectivity index (χ3v) is 4.55. The van der Waals surface area contributed by atoms with E-state index in [1.54, 1.807) is 0 Å². The second kappa shape index (κ2) is 6.71. The quantitative estimate of drug-likeness (QED) is 0.225. The fraction of sp³-hybridized carbons (Fsp3) is 0.583. The zero-order valence-corrected chi connectivity index (χ0v) is 14.2. The van der Waals surface area contributed by atoms with Crippen LogP contribution in [0, 0.1) is 5.41 Å². The number of fused-ring (bicyclic) bond motifs is 2. The minimum Gasteiger partial charge on any atom is -0.383 e. The SMILES string of the molecule is N=C(N)NCC(O)c1cc([C@@H]2CC[C@@H]3CN2C(=O)N3OS(=O)(=O)O)no1. The van der Waals surface area contributed by atoms with E-state index in [1.165, 1.54) is 11.0 Å². The summed E-state index contributed by atoms with van der Waals surface area (Å²) in [6.07, 6.45) is -0.195. The number of hydrogen-bond acceptors (Lipinski definition) is 8. The minimum absolute atomic E-state index is 0.0463. The van der Waals surface area contributed by atoms with Crippen LogP contribution >= 0.6 is 0 Å². The number of aliphatic hydroxyl groups is 1. The van der Waals surface area contributed by atoms with Crippen LogP contribution in [0.3, 0.4) is 0 Å². The smallest absolute Gasteiger partial charge is 0.383 e. The number of piperidine rings is 1. The second-order valence-corrected chi connectivity index (χ2v) is 6.98. The molecule has 144 valence electrons. The van der Waals surface area contributed by atoms with Gasteiger partial charge in [-0.3, -0.25) is 9.96 Å². The summed E-state index contributed by atoms with van der Waals surface area (Å²) in [5.74, 6) is -0.169. The van der Waals surface area contributed by atoms with Gasteiger partial charge in [-0.05, 0) is 12.8 Å². The number of amides is 2. The summed E-state index contributed by atoms with van der Waals surface area (Å²) >= 11 is 0. The number of hydroxylamine groups is 2. The van der Waals surface area contributed by atoms with E-state index in [0.29, 0.717) is 23.6 Å². The normalized spacial score (nSPS) is 24.0. The summed E-state index contributed by atoms with van der Waals surface area (Å²) in [5, 5.41) is 24.0. The Balaban J connectivity index is 1.72. The number of guanidine groups is 1. The highest BCUT2D eigenvalue weighted by Gasteiger charge is 2.48. The van der Waals surface area contributed by atoms with Crippen LogP contribution in [0.25, 0.3) is 0 Å². The van der Waals surface area contributed by atoms with Crippen molar-refractivity contribution in [1.82, 2.24) is 20.4 Å². The zero-order valence-electron chi connectivity index (χ0n) is 13.4. The zero-order chi connectivity index (χ0) is 19.1. The molecule has 3 rings (SSSR count). The monoisotopic (exact) mass is 390 g/mol. The summed E-state index contributed by atoms with van der Waals surface area (Å²) in [4.78, 5) is 13.7. The van der Waals surface area contributed by atoms with Crippen LogP contribution in [-0.2, 0) is 14.7 Å². The molecule has 1 aromatic rings. The molecule has 0 spiro atoms. The van der Waals surface area contributed by atoms with Crippen molar-refractivity contribution < 1.29 is 31.7 Å². The van der Waals surface area contributed by atoms with Gasteiger partial charge in [0.05, 0.1) is 18.6 Å². The largest absolute Gasteiger partial charge is 0.418 e. The number of rotatable bonds is 6. The molecule has 2 aliphatic heterocycles. The molecular formula is C12H18N6O7S. The highest BCUT2D eigenvalue weighted by atomic mass is 32.3. The average Bonchev–Trinajstić information content (AvgIpc) is 3.12. The molecule has 0 saturated carbocycles.